The molecule has 0 spiro atoms. The van der Waals surface area contributed by atoms with Gasteiger partial charge in [0.1, 0.15) is 0 Å². The lowest BCUT2D eigenvalue weighted by molar-refractivity contribution is -0.117. The number of hydrogen-bond acceptors (Lipinski definition) is 3. The molecule has 2 aromatic carbocycles. The molecule has 104 valence electrons. The Hall–Kier alpha value is -1.78. The maximum Gasteiger partial charge on any atom is 0.241 e. The van der Waals surface area contributed by atoms with E-state index in [4.69, 9.17) is 5.73 Å². The molecule has 1 unspecified atom stereocenters. The minimum atomic E-state index is -0.468. The van der Waals surface area contributed by atoms with Crippen molar-refractivity contribution >= 4 is 23.4 Å². The first-order chi connectivity index (χ1) is 9.70. The van der Waals surface area contributed by atoms with E-state index in [0.29, 0.717) is 6.42 Å². The van der Waals surface area contributed by atoms with Gasteiger partial charge in [-0.3, -0.25) is 4.79 Å². The summed E-state index contributed by atoms with van der Waals surface area (Å²) in [6.45, 7) is 1.90. The van der Waals surface area contributed by atoms with E-state index in [9.17, 15) is 4.79 Å². The number of hydrogen-bond donors (Lipinski definition) is 2. The van der Waals surface area contributed by atoms with E-state index in [-0.39, 0.29) is 5.91 Å². The third-order valence-electron chi connectivity index (χ3n) is 2.89. The quantitative estimate of drug-likeness (QED) is 0.884. The van der Waals surface area contributed by atoms with Crippen LogP contribution in [0.3, 0.4) is 0 Å². The molecule has 0 bridgehead atoms. The third-order valence-corrected chi connectivity index (χ3v) is 3.98. The van der Waals surface area contributed by atoms with Crippen LogP contribution in [0.1, 0.15) is 13.3 Å². The van der Waals surface area contributed by atoms with E-state index in [0.717, 1.165) is 15.5 Å². The highest BCUT2D eigenvalue weighted by Gasteiger charge is 2.13. The molecule has 0 aliphatic rings. The predicted octanol–water partition coefficient (Wildman–Crippen LogP) is 3.51. The van der Waals surface area contributed by atoms with Crippen LogP contribution < -0.4 is 11.1 Å². The van der Waals surface area contributed by atoms with E-state index in [1.165, 1.54) is 0 Å². The fourth-order valence-electron chi connectivity index (χ4n) is 1.69. The molecule has 0 radical (unpaired) electrons. The second kappa shape index (κ2) is 7.12. The van der Waals surface area contributed by atoms with Crippen LogP contribution in [-0.4, -0.2) is 11.9 Å². The average Bonchev–Trinajstić information content (AvgIpc) is 2.49. The van der Waals surface area contributed by atoms with Gasteiger partial charge in [0.2, 0.25) is 5.91 Å². The summed E-state index contributed by atoms with van der Waals surface area (Å²) in [4.78, 5) is 14.0. The molecule has 0 aromatic heterocycles. The van der Waals surface area contributed by atoms with Crippen LogP contribution >= 0.6 is 11.8 Å². The summed E-state index contributed by atoms with van der Waals surface area (Å²) in [6.07, 6.45) is 0.625. The number of nitrogens with two attached hydrogens (primary N) is 1. The van der Waals surface area contributed by atoms with Gasteiger partial charge in [-0.15, -0.1) is 0 Å². The molecule has 4 heteroatoms. The lowest BCUT2D eigenvalue weighted by atomic mass is 10.2. The summed E-state index contributed by atoms with van der Waals surface area (Å²) in [5.41, 5.74) is 6.55. The van der Waals surface area contributed by atoms with E-state index in [1.54, 1.807) is 11.8 Å². The number of amides is 1. The largest absolute Gasteiger partial charge is 0.324 e. The number of carbonyl (C=O) groups is 1. The molecule has 0 saturated carbocycles. The van der Waals surface area contributed by atoms with Gasteiger partial charge in [-0.05, 0) is 30.7 Å². The first-order valence-corrected chi connectivity index (χ1v) is 7.40. The molecule has 2 rings (SSSR count). The van der Waals surface area contributed by atoms with Crippen LogP contribution in [-0.2, 0) is 4.79 Å². The molecule has 0 fully saturated rings. The smallest absolute Gasteiger partial charge is 0.241 e. The van der Waals surface area contributed by atoms with Crippen molar-refractivity contribution < 1.29 is 4.79 Å². The minimum absolute atomic E-state index is 0.145. The van der Waals surface area contributed by atoms with Crippen molar-refractivity contribution in [3.05, 3.63) is 54.6 Å². The fourth-order valence-corrected chi connectivity index (χ4v) is 2.61. The third kappa shape index (κ3) is 3.85. The summed E-state index contributed by atoms with van der Waals surface area (Å²) >= 11 is 1.62. The first-order valence-electron chi connectivity index (χ1n) is 6.59. The highest BCUT2D eigenvalue weighted by molar-refractivity contribution is 7.99. The van der Waals surface area contributed by atoms with E-state index >= 15 is 0 Å². The van der Waals surface area contributed by atoms with Crippen molar-refractivity contribution in [2.75, 3.05) is 5.32 Å². The molecule has 20 heavy (non-hydrogen) atoms. The van der Waals surface area contributed by atoms with Crippen molar-refractivity contribution in [2.45, 2.75) is 29.2 Å². The highest BCUT2D eigenvalue weighted by atomic mass is 32.2. The number of anilines is 1. The number of rotatable bonds is 5. The van der Waals surface area contributed by atoms with E-state index in [1.807, 2.05) is 61.5 Å². The molecular weight excluding hydrogens is 268 g/mol. The first kappa shape index (κ1) is 14.6. The van der Waals surface area contributed by atoms with Crippen LogP contribution in [0.4, 0.5) is 5.69 Å². The van der Waals surface area contributed by atoms with Gasteiger partial charge >= 0.3 is 0 Å². The maximum absolute atomic E-state index is 11.9. The summed E-state index contributed by atoms with van der Waals surface area (Å²) in [5, 5.41) is 2.90. The molecule has 3 nitrogen and oxygen atoms in total. The van der Waals surface area contributed by atoms with Gasteiger partial charge < -0.3 is 11.1 Å². The molecule has 0 saturated heterocycles. The van der Waals surface area contributed by atoms with Gasteiger partial charge in [0.05, 0.1) is 11.7 Å². The van der Waals surface area contributed by atoms with Crippen molar-refractivity contribution in [3.63, 3.8) is 0 Å². The highest BCUT2D eigenvalue weighted by Crippen LogP contribution is 2.33. The topological polar surface area (TPSA) is 55.1 Å². The number of nitrogens with one attached hydrogen (secondary N) is 1. The van der Waals surface area contributed by atoms with Gasteiger partial charge in [-0.1, -0.05) is 49.0 Å². The zero-order valence-electron chi connectivity index (χ0n) is 11.4. The lowest BCUT2D eigenvalue weighted by Crippen LogP contribution is -2.34. The Labute approximate surface area is 123 Å². The second-order valence-electron chi connectivity index (χ2n) is 4.42. The molecule has 0 aliphatic heterocycles. The van der Waals surface area contributed by atoms with Crippen LogP contribution in [0.15, 0.2) is 64.4 Å². The van der Waals surface area contributed by atoms with Crippen molar-refractivity contribution in [2.24, 2.45) is 5.73 Å². The van der Waals surface area contributed by atoms with Crippen molar-refractivity contribution in [1.29, 1.82) is 0 Å². The Balaban J connectivity index is 2.16. The van der Waals surface area contributed by atoms with Gasteiger partial charge in [0.15, 0.2) is 0 Å². The van der Waals surface area contributed by atoms with Crippen LogP contribution in [0.2, 0.25) is 0 Å². The molecule has 0 heterocycles. The zero-order chi connectivity index (χ0) is 14.4. The van der Waals surface area contributed by atoms with Gasteiger partial charge in [-0.2, -0.15) is 0 Å². The number of para-hydroxylation sites is 1. The molecule has 1 amide bonds. The fraction of sp³-hybridized carbons (Fsp3) is 0.188. The second-order valence-corrected chi connectivity index (χ2v) is 5.53. The molecule has 1 atom stereocenters. The van der Waals surface area contributed by atoms with Crippen LogP contribution in [0.5, 0.6) is 0 Å². The summed E-state index contributed by atoms with van der Waals surface area (Å²) in [5.74, 6) is -0.145. The summed E-state index contributed by atoms with van der Waals surface area (Å²) < 4.78 is 0. The molecule has 3 N–H and O–H groups in total. The minimum Gasteiger partial charge on any atom is -0.324 e. The molecule has 0 aliphatic carbocycles. The molecule has 2 aromatic rings. The standard InChI is InChI=1S/C16H18N2OS/c1-2-13(17)16(19)18-14-10-6-7-11-15(14)20-12-8-4-3-5-9-12/h3-11,13H,2,17H2,1H3,(H,18,19). The SMILES string of the molecule is CCC(N)C(=O)Nc1ccccc1Sc1ccccc1. The Bertz CT molecular complexity index is 572. The Kier molecular flexibility index (Phi) is 5.21. The summed E-state index contributed by atoms with van der Waals surface area (Å²) in [6, 6.07) is 17.3. The molecular formula is C16H18N2OS. The van der Waals surface area contributed by atoms with E-state index in [2.05, 4.69) is 5.32 Å². The van der Waals surface area contributed by atoms with Gasteiger partial charge in [-0.25, -0.2) is 0 Å². The van der Waals surface area contributed by atoms with Crippen molar-refractivity contribution in [3.8, 4) is 0 Å². The van der Waals surface area contributed by atoms with Crippen molar-refractivity contribution in [1.82, 2.24) is 0 Å². The van der Waals surface area contributed by atoms with Gasteiger partial charge in [0, 0.05) is 9.79 Å². The lowest BCUT2D eigenvalue weighted by Gasteiger charge is -2.13. The average molecular weight is 286 g/mol. The normalized spacial score (nSPS) is 11.9. The van der Waals surface area contributed by atoms with Crippen LogP contribution in [0, 0.1) is 0 Å². The van der Waals surface area contributed by atoms with Crippen LogP contribution in [0.25, 0.3) is 0 Å². The number of benzene rings is 2. The zero-order valence-corrected chi connectivity index (χ0v) is 12.2. The predicted molar refractivity (Wildman–Crippen MR) is 83.9 cm³/mol. The maximum atomic E-state index is 11.9. The Morgan fingerprint density at radius 2 is 1.80 bits per heavy atom. The number of carbonyl (C=O) groups excluding carboxylic acids is 1. The Morgan fingerprint density at radius 1 is 1.15 bits per heavy atom. The summed E-state index contributed by atoms with van der Waals surface area (Å²) in [7, 11) is 0. The van der Waals surface area contributed by atoms with E-state index < -0.39 is 6.04 Å². The Morgan fingerprint density at radius 3 is 2.50 bits per heavy atom. The monoisotopic (exact) mass is 286 g/mol. The van der Waals surface area contributed by atoms with Gasteiger partial charge in [0.25, 0.3) is 0 Å².